The van der Waals surface area contributed by atoms with Crippen LogP contribution in [-0.2, 0) is 17.8 Å². The average molecular weight is 493 g/mol. The summed E-state index contributed by atoms with van der Waals surface area (Å²) in [7, 11) is 0. The lowest BCUT2D eigenvalue weighted by atomic mass is 10.1. The molecule has 0 spiro atoms. The number of aryl methyl sites for hydroxylation is 3. The molecule has 2 heterocycles. The summed E-state index contributed by atoms with van der Waals surface area (Å²) < 4.78 is 12.8. The van der Waals surface area contributed by atoms with Gasteiger partial charge in [-0.05, 0) is 55.7 Å². The van der Waals surface area contributed by atoms with Gasteiger partial charge in [0, 0.05) is 24.2 Å². The summed E-state index contributed by atoms with van der Waals surface area (Å²) in [5, 5.41) is 8.07. The van der Waals surface area contributed by atoms with E-state index in [1.165, 1.54) is 27.5 Å². The third-order valence-electron chi connectivity index (χ3n) is 5.44. The second kappa shape index (κ2) is 11.1. The SMILES string of the molecule is CCCCc1nn2c(=O)cc(COc3cccc(NC(=O)COc4ccc(C)c(C)c4)c3)nc2s1. The van der Waals surface area contributed by atoms with Gasteiger partial charge in [0.1, 0.15) is 23.1 Å². The molecule has 0 fully saturated rings. The Morgan fingerprint density at radius 2 is 1.89 bits per heavy atom. The maximum atomic E-state index is 12.4. The van der Waals surface area contributed by atoms with E-state index in [-0.39, 0.29) is 24.7 Å². The van der Waals surface area contributed by atoms with Crippen molar-refractivity contribution in [3.05, 3.63) is 80.7 Å². The number of unbranched alkanes of at least 4 members (excludes halogenated alkanes) is 1. The summed E-state index contributed by atoms with van der Waals surface area (Å²) in [5.41, 5.74) is 3.16. The van der Waals surface area contributed by atoms with Gasteiger partial charge in [0.25, 0.3) is 11.5 Å². The smallest absolute Gasteiger partial charge is 0.275 e. The van der Waals surface area contributed by atoms with Gasteiger partial charge in [-0.15, -0.1) is 0 Å². The number of aromatic nitrogens is 3. The third-order valence-corrected chi connectivity index (χ3v) is 6.41. The molecule has 35 heavy (non-hydrogen) atoms. The Morgan fingerprint density at radius 1 is 1.06 bits per heavy atom. The van der Waals surface area contributed by atoms with Crippen molar-refractivity contribution in [2.45, 2.75) is 46.6 Å². The van der Waals surface area contributed by atoms with E-state index in [1.807, 2.05) is 32.0 Å². The van der Waals surface area contributed by atoms with Crippen molar-refractivity contribution in [3.8, 4) is 11.5 Å². The van der Waals surface area contributed by atoms with Crippen LogP contribution >= 0.6 is 11.3 Å². The van der Waals surface area contributed by atoms with Crippen LogP contribution < -0.4 is 20.3 Å². The maximum absolute atomic E-state index is 12.4. The minimum Gasteiger partial charge on any atom is -0.487 e. The first kappa shape index (κ1) is 24.4. The quantitative estimate of drug-likeness (QED) is 0.345. The number of amides is 1. The van der Waals surface area contributed by atoms with Crippen LogP contribution in [-0.4, -0.2) is 27.1 Å². The topological polar surface area (TPSA) is 94.8 Å². The first-order valence-corrected chi connectivity index (χ1v) is 12.3. The van der Waals surface area contributed by atoms with Gasteiger partial charge in [-0.3, -0.25) is 9.59 Å². The molecule has 0 aliphatic heterocycles. The molecular weight excluding hydrogens is 464 g/mol. The zero-order valence-corrected chi connectivity index (χ0v) is 20.9. The third kappa shape index (κ3) is 6.45. The summed E-state index contributed by atoms with van der Waals surface area (Å²) in [5.74, 6) is 0.927. The van der Waals surface area contributed by atoms with E-state index in [9.17, 15) is 9.59 Å². The first-order chi connectivity index (χ1) is 16.9. The van der Waals surface area contributed by atoms with E-state index in [4.69, 9.17) is 9.47 Å². The van der Waals surface area contributed by atoms with Crippen LogP contribution in [0.25, 0.3) is 4.96 Å². The highest BCUT2D eigenvalue weighted by atomic mass is 32.1. The van der Waals surface area contributed by atoms with Crippen LogP contribution in [0.3, 0.4) is 0 Å². The molecule has 2 aromatic carbocycles. The van der Waals surface area contributed by atoms with Crippen LogP contribution in [0.4, 0.5) is 5.69 Å². The number of anilines is 1. The van der Waals surface area contributed by atoms with Crippen LogP contribution in [0.1, 0.15) is 41.6 Å². The van der Waals surface area contributed by atoms with Gasteiger partial charge >= 0.3 is 0 Å². The van der Waals surface area contributed by atoms with Gasteiger partial charge in [-0.1, -0.05) is 36.8 Å². The molecule has 4 aromatic rings. The Hall–Kier alpha value is -3.72. The predicted octanol–water partition coefficient (Wildman–Crippen LogP) is 4.71. The summed E-state index contributed by atoms with van der Waals surface area (Å²) >= 11 is 1.43. The molecule has 1 N–H and O–H groups in total. The monoisotopic (exact) mass is 492 g/mol. The lowest BCUT2D eigenvalue weighted by molar-refractivity contribution is -0.118. The summed E-state index contributed by atoms with van der Waals surface area (Å²) in [6, 6.07) is 14.2. The zero-order chi connectivity index (χ0) is 24.8. The highest BCUT2D eigenvalue weighted by molar-refractivity contribution is 7.16. The normalized spacial score (nSPS) is 10.9. The van der Waals surface area contributed by atoms with Gasteiger partial charge in [-0.2, -0.15) is 9.61 Å². The molecular formula is C26H28N4O4S. The molecule has 0 aliphatic carbocycles. The van der Waals surface area contributed by atoms with Crippen molar-refractivity contribution < 1.29 is 14.3 Å². The number of hydrogen-bond donors (Lipinski definition) is 1. The standard InChI is InChI=1S/C26H28N4O4S/c1-4-5-9-24-29-30-25(32)14-20(28-26(30)35-24)15-33-21-8-6-7-19(13-21)27-23(31)16-34-22-11-10-17(2)18(3)12-22/h6-8,10-14H,4-5,9,15-16H2,1-3H3,(H,27,31). The van der Waals surface area contributed by atoms with Crippen molar-refractivity contribution >= 4 is 27.9 Å². The van der Waals surface area contributed by atoms with Gasteiger partial charge in [0.2, 0.25) is 4.96 Å². The molecule has 8 nitrogen and oxygen atoms in total. The Balaban J connectivity index is 1.34. The van der Waals surface area contributed by atoms with Crippen molar-refractivity contribution in [2.24, 2.45) is 0 Å². The molecule has 182 valence electrons. The predicted molar refractivity (Wildman–Crippen MR) is 137 cm³/mol. The number of hydrogen-bond acceptors (Lipinski definition) is 7. The average Bonchev–Trinajstić information content (AvgIpc) is 3.26. The van der Waals surface area contributed by atoms with E-state index in [0.29, 0.717) is 27.8 Å². The van der Waals surface area contributed by atoms with E-state index in [2.05, 4.69) is 22.3 Å². The van der Waals surface area contributed by atoms with Crippen molar-refractivity contribution in [3.63, 3.8) is 0 Å². The minimum absolute atomic E-state index is 0.101. The van der Waals surface area contributed by atoms with Gasteiger partial charge in [-0.25, -0.2) is 4.98 Å². The fourth-order valence-electron chi connectivity index (χ4n) is 3.37. The molecule has 0 unspecified atom stereocenters. The minimum atomic E-state index is -0.274. The molecule has 0 saturated carbocycles. The van der Waals surface area contributed by atoms with E-state index in [1.54, 1.807) is 24.3 Å². The molecule has 0 atom stereocenters. The van der Waals surface area contributed by atoms with Crippen molar-refractivity contribution in [2.75, 3.05) is 11.9 Å². The molecule has 0 aliphatic rings. The van der Waals surface area contributed by atoms with E-state index in [0.717, 1.165) is 29.8 Å². The van der Waals surface area contributed by atoms with Gasteiger partial charge in [0.15, 0.2) is 6.61 Å². The van der Waals surface area contributed by atoms with Gasteiger partial charge < -0.3 is 14.8 Å². The molecule has 2 aromatic heterocycles. The van der Waals surface area contributed by atoms with E-state index >= 15 is 0 Å². The molecule has 0 bridgehead atoms. The fourth-order valence-corrected chi connectivity index (χ4v) is 4.33. The number of benzene rings is 2. The summed E-state index contributed by atoms with van der Waals surface area (Å²) in [6.45, 7) is 6.17. The number of rotatable bonds is 10. The second-order valence-corrected chi connectivity index (χ2v) is 9.32. The molecule has 1 amide bonds. The molecule has 0 radical (unpaired) electrons. The van der Waals surface area contributed by atoms with Crippen LogP contribution in [0, 0.1) is 13.8 Å². The second-order valence-electron chi connectivity index (χ2n) is 8.28. The Morgan fingerprint density at radius 3 is 2.69 bits per heavy atom. The van der Waals surface area contributed by atoms with Crippen LogP contribution in [0.2, 0.25) is 0 Å². The van der Waals surface area contributed by atoms with E-state index < -0.39 is 0 Å². The highest BCUT2D eigenvalue weighted by Crippen LogP contribution is 2.20. The van der Waals surface area contributed by atoms with Crippen LogP contribution in [0.15, 0.2) is 53.3 Å². The highest BCUT2D eigenvalue weighted by Gasteiger charge is 2.10. The largest absolute Gasteiger partial charge is 0.487 e. The lowest BCUT2D eigenvalue weighted by Crippen LogP contribution is -2.20. The zero-order valence-electron chi connectivity index (χ0n) is 20.0. The Labute approximate surface area is 207 Å². The van der Waals surface area contributed by atoms with Gasteiger partial charge in [0.05, 0.1) is 5.69 Å². The lowest BCUT2D eigenvalue weighted by Gasteiger charge is -2.10. The van der Waals surface area contributed by atoms with Crippen molar-refractivity contribution in [1.29, 1.82) is 0 Å². The Bertz CT molecular complexity index is 1400. The summed E-state index contributed by atoms with van der Waals surface area (Å²) in [6.07, 6.45) is 2.93. The number of fused-ring (bicyclic) bond motifs is 1. The fraction of sp³-hybridized carbons (Fsp3) is 0.308. The molecule has 9 heteroatoms. The summed E-state index contributed by atoms with van der Waals surface area (Å²) in [4.78, 5) is 29.8. The molecule has 4 rings (SSSR count). The Kier molecular flexibility index (Phi) is 7.77. The number of carbonyl (C=O) groups is 1. The first-order valence-electron chi connectivity index (χ1n) is 11.5. The number of nitrogens with zero attached hydrogens (tertiary/aromatic N) is 3. The number of carbonyl (C=O) groups excluding carboxylic acids is 1. The maximum Gasteiger partial charge on any atom is 0.275 e. The van der Waals surface area contributed by atoms with Crippen LogP contribution in [0.5, 0.6) is 11.5 Å². The van der Waals surface area contributed by atoms with Crippen molar-refractivity contribution in [1.82, 2.24) is 14.6 Å². The number of ether oxygens (including phenoxy) is 2. The molecule has 0 saturated heterocycles. The number of nitrogens with one attached hydrogen (secondary N) is 1.